The first-order valence-electron chi connectivity index (χ1n) is 7.94. The average Bonchev–Trinajstić information content (AvgIpc) is 2.57. The number of nitro groups is 1. The molecule has 0 fully saturated rings. The van der Waals surface area contributed by atoms with Gasteiger partial charge in [-0.25, -0.2) is 4.79 Å². The van der Waals surface area contributed by atoms with Gasteiger partial charge in [0.05, 0.1) is 10.6 Å². The molecule has 1 aliphatic heterocycles. The molecule has 0 aromatic heterocycles. The van der Waals surface area contributed by atoms with Crippen molar-refractivity contribution < 1.29 is 29.2 Å². The highest BCUT2D eigenvalue weighted by Gasteiger charge is 2.36. The Morgan fingerprint density at radius 1 is 1.46 bits per heavy atom. The summed E-state index contributed by atoms with van der Waals surface area (Å²) < 4.78 is 5.22. The summed E-state index contributed by atoms with van der Waals surface area (Å²) in [5, 5.41) is 22.7. The number of rotatable bonds is 7. The summed E-state index contributed by atoms with van der Waals surface area (Å²) in [5.74, 6) is -2.19. The van der Waals surface area contributed by atoms with Crippen LogP contribution in [0.5, 0.6) is 5.75 Å². The van der Waals surface area contributed by atoms with Gasteiger partial charge < -0.3 is 15.2 Å². The second kappa shape index (κ2) is 7.38. The number of ether oxygens (including phenoxy) is 1. The highest BCUT2D eigenvalue weighted by atomic mass is 16.6. The Labute approximate surface area is 148 Å². The van der Waals surface area contributed by atoms with Crippen LogP contribution < -0.4 is 15.0 Å². The molecule has 0 aliphatic carbocycles. The molecule has 0 bridgehead atoms. The summed E-state index contributed by atoms with van der Waals surface area (Å²) in [6.45, 7) is 2.39. The fraction of sp³-hybridized carbons (Fsp3) is 0.438. The minimum Gasteiger partial charge on any atom is -0.482 e. The van der Waals surface area contributed by atoms with Gasteiger partial charge in [0.2, 0.25) is 5.91 Å². The number of nitrogens with zero attached hydrogens (tertiary/aromatic N) is 2. The highest BCUT2D eigenvalue weighted by molar-refractivity contribution is 6.03. The monoisotopic (exact) mass is 365 g/mol. The van der Waals surface area contributed by atoms with Crippen molar-refractivity contribution in [3.63, 3.8) is 0 Å². The number of hydrogen-bond donors (Lipinski definition) is 2. The fourth-order valence-electron chi connectivity index (χ4n) is 2.69. The predicted octanol–water partition coefficient (Wildman–Crippen LogP) is 1.08. The van der Waals surface area contributed by atoms with E-state index in [1.165, 1.54) is 19.1 Å². The lowest BCUT2D eigenvalue weighted by Crippen LogP contribution is -2.55. The summed E-state index contributed by atoms with van der Waals surface area (Å²) >= 11 is 0. The second-order valence-electron chi connectivity index (χ2n) is 6.11. The van der Waals surface area contributed by atoms with E-state index in [2.05, 4.69) is 5.32 Å². The van der Waals surface area contributed by atoms with Crippen molar-refractivity contribution in [3.8, 4) is 5.75 Å². The largest absolute Gasteiger partial charge is 0.482 e. The van der Waals surface area contributed by atoms with Crippen molar-refractivity contribution >= 4 is 29.2 Å². The Bertz CT molecular complexity index is 764. The molecule has 2 N–H and O–H groups in total. The summed E-state index contributed by atoms with van der Waals surface area (Å²) in [6, 6.07) is 3.72. The standard InChI is InChI=1S/C16H19N3O7/c1-3-6-16(2,15(22)23)17-13(20)8-18-11-7-10(19(24)25)4-5-12(11)26-9-14(18)21/h4-5,7H,3,6,8-9H2,1-2H3,(H,17,20)(H,22,23). The van der Waals surface area contributed by atoms with Crippen LogP contribution in [0.25, 0.3) is 0 Å². The molecule has 0 spiro atoms. The molecular formula is C16H19N3O7. The number of nitro benzene ring substituents is 1. The number of carboxylic acids is 1. The average molecular weight is 365 g/mol. The lowest BCUT2D eigenvalue weighted by molar-refractivity contribution is -0.384. The molecule has 10 heteroatoms. The van der Waals surface area contributed by atoms with E-state index in [1.54, 1.807) is 6.92 Å². The van der Waals surface area contributed by atoms with E-state index in [-0.39, 0.29) is 30.2 Å². The zero-order valence-corrected chi connectivity index (χ0v) is 14.4. The lowest BCUT2D eigenvalue weighted by atomic mass is 9.96. The Kier molecular flexibility index (Phi) is 5.44. The molecule has 1 aromatic carbocycles. The van der Waals surface area contributed by atoms with Gasteiger partial charge in [-0.3, -0.25) is 24.6 Å². The molecule has 2 rings (SSSR count). The van der Waals surface area contributed by atoms with Crippen LogP contribution in [0, 0.1) is 10.1 Å². The van der Waals surface area contributed by atoms with Gasteiger partial charge in [-0.2, -0.15) is 0 Å². The van der Waals surface area contributed by atoms with Crippen LogP contribution in [0.15, 0.2) is 18.2 Å². The number of hydrogen-bond acceptors (Lipinski definition) is 6. The molecule has 0 saturated carbocycles. The van der Waals surface area contributed by atoms with Crippen molar-refractivity contribution in [1.29, 1.82) is 0 Å². The van der Waals surface area contributed by atoms with Gasteiger partial charge in [0.1, 0.15) is 17.8 Å². The number of carbonyl (C=O) groups excluding carboxylic acids is 2. The van der Waals surface area contributed by atoms with Gasteiger partial charge in [0.25, 0.3) is 11.6 Å². The third-order valence-electron chi connectivity index (χ3n) is 4.04. The maximum atomic E-state index is 12.3. The molecule has 1 aromatic rings. The molecule has 1 heterocycles. The number of benzene rings is 1. The van der Waals surface area contributed by atoms with Gasteiger partial charge in [-0.15, -0.1) is 0 Å². The third kappa shape index (κ3) is 3.90. The van der Waals surface area contributed by atoms with E-state index in [1.807, 2.05) is 0 Å². The first-order valence-corrected chi connectivity index (χ1v) is 7.94. The predicted molar refractivity (Wildman–Crippen MR) is 90.0 cm³/mol. The zero-order chi connectivity index (χ0) is 19.5. The second-order valence-corrected chi connectivity index (χ2v) is 6.11. The first-order chi connectivity index (χ1) is 12.2. The molecule has 26 heavy (non-hydrogen) atoms. The molecule has 10 nitrogen and oxygen atoms in total. The quantitative estimate of drug-likeness (QED) is 0.544. The number of aliphatic carboxylic acids is 1. The van der Waals surface area contributed by atoms with Crippen LogP contribution in [0.3, 0.4) is 0 Å². The Balaban J connectivity index is 2.25. The minimum absolute atomic E-state index is 0.0955. The van der Waals surface area contributed by atoms with E-state index >= 15 is 0 Å². The van der Waals surface area contributed by atoms with Gasteiger partial charge in [0, 0.05) is 12.1 Å². The molecule has 140 valence electrons. The topological polar surface area (TPSA) is 139 Å². The molecular weight excluding hydrogens is 346 g/mol. The van der Waals surface area contributed by atoms with Crippen LogP contribution in [0.2, 0.25) is 0 Å². The van der Waals surface area contributed by atoms with E-state index in [4.69, 9.17) is 4.74 Å². The van der Waals surface area contributed by atoms with E-state index in [0.29, 0.717) is 6.42 Å². The molecule has 1 unspecified atom stereocenters. The number of fused-ring (bicyclic) bond motifs is 1. The van der Waals surface area contributed by atoms with Crippen molar-refractivity contribution in [2.24, 2.45) is 0 Å². The number of non-ortho nitro benzene ring substituents is 1. The zero-order valence-electron chi connectivity index (χ0n) is 14.4. The maximum absolute atomic E-state index is 12.3. The van der Waals surface area contributed by atoms with Crippen LogP contribution in [-0.4, -0.2) is 46.5 Å². The van der Waals surface area contributed by atoms with Crippen molar-refractivity contribution in [2.75, 3.05) is 18.1 Å². The van der Waals surface area contributed by atoms with E-state index < -0.39 is 34.8 Å². The van der Waals surface area contributed by atoms with Crippen molar-refractivity contribution in [2.45, 2.75) is 32.2 Å². The number of nitrogens with one attached hydrogen (secondary N) is 1. The third-order valence-corrected chi connectivity index (χ3v) is 4.04. The molecule has 2 amide bonds. The van der Waals surface area contributed by atoms with Gasteiger partial charge >= 0.3 is 5.97 Å². The number of carboxylic acid groups (broad SMARTS) is 1. The van der Waals surface area contributed by atoms with E-state index in [9.17, 15) is 29.6 Å². The normalized spacial score (nSPS) is 15.5. The molecule has 1 aliphatic rings. The Hall–Kier alpha value is -3.17. The first kappa shape index (κ1) is 19.2. The van der Waals surface area contributed by atoms with Crippen LogP contribution in [0.1, 0.15) is 26.7 Å². The summed E-state index contributed by atoms with van der Waals surface area (Å²) in [7, 11) is 0. The van der Waals surface area contributed by atoms with Gasteiger partial charge in [0.15, 0.2) is 6.61 Å². The fourth-order valence-corrected chi connectivity index (χ4v) is 2.69. The molecule has 0 saturated heterocycles. The summed E-state index contributed by atoms with van der Waals surface area (Å²) in [4.78, 5) is 47.3. The Morgan fingerprint density at radius 2 is 2.15 bits per heavy atom. The number of carbonyl (C=O) groups is 3. The summed E-state index contributed by atoms with van der Waals surface area (Å²) in [6.07, 6.45) is 0.752. The van der Waals surface area contributed by atoms with Crippen LogP contribution in [-0.2, 0) is 14.4 Å². The van der Waals surface area contributed by atoms with E-state index in [0.717, 1.165) is 11.0 Å². The maximum Gasteiger partial charge on any atom is 0.329 e. The SMILES string of the molecule is CCCC(C)(NC(=O)CN1C(=O)COc2ccc([N+](=O)[O-])cc21)C(=O)O. The van der Waals surface area contributed by atoms with Crippen molar-refractivity contribution in [3.05, 3.63) is 28.3 Å². The Morgan fingerprint density at radius 3 is 2.73 bits per heavy atom. The van der Waals surface area contributed by atoms with Crippen molar-refractivity contribution in [1.82, 2.24) is 5.32 Å². The number of amides is 2. The smallest absolute Gasteiger partial charge is 0.329 e. The highest BCUT2D eigenvalue weighted by Crippen LogP contribution is 2.35. The number of anilines is 1. The lowest BCUT2D eigenvalue weighted by Gasteiger charge is -2.31. The molecule has 0 radical (unpaired) electrons. The van der Waals surface area contributed by atoms with Gasteiger partial charge in [-0.1, -0.05) is 13.3 Å². The molecule has 1 atom stereocenters. The van der Waals surface area contributed by atoms with Crippen LogP contribution >= 0.6 is 0 Å². The van der Waals surface area contributed by atoms with Gasteiger partial charge in [-0.05, 0) is 19.4 Å². The minimum atomic E-state index is -1.47. The summed E-state index contributed by atoms with van der Waals surface area (Å²) in [5.41, 5.74) is -1.63. The van der Waals surface area contributed by atoms with Crippen LogP contribution in [0.4, 0.5) is 11.4 Å².